The zero-order valence-electron chi connectivity index (χ0n) is 18.9. The molecule has 1 aliphatic heterocycles. The fourth-order valence-electron chi connectivity index (χ4n) is 3.94. The van der Waals surface area contributed by atoms with Crippen molar-refractivity contribution in [3.05, 3.63) is 120 Å². The molecule has 0 bridgehead atoms. The molecule has 4 aromatic carbocycles. The Morgan fingerprint density at radius 2 is 1.47 bits per heavy atom. The van der Waals surface area contributed by atoms with Crippen LogP contribution in [0.4, 0.5) is 17.1 Å². The molecule has 0 radical (unpaired) electrons. The second kappa shape index (κ2) is 9.41. The fraction of sp³-hybridized carbons (Fsp3) is 0. The third-order valence-electron chi connectivity index (χ3n) is 5.67. The number of hydrogen-bond acceptors (Lipinski definition) is 5. The summed E-state index contributed by atoms with van der Waals surface area (Å²) in [5, 5.41) is 15.2. The van der Waals surface area contributed by atoms with Crippen molar-refractivity contribution in [1.82, 2.24) is 0 Å². The van der Waals surface area contributed by atoms with Crippen LogP contribution in [-0.2, 0) is 14.8 Å². The number of benzene rings is 4. The number of nitriles is 1. The van der Waals surface area contributed by atoms with E-state index in [4.69, 9.17) is 5.26 Å². The van der Waals surface area contributed by atoms with Gasteiger partial charge in [0.2, 0.25) is 0 Å². The molecule has 8 heteroatoms. The highest BCUT2D eigenvalue weighted by atomic mass is 32.2. The largest absolute Gasteiger partial charge is 0.354 e. The highest BCUT2D eigenvalue weighted by Crippen LogP contribution is 2.39. The zero-order chi connectivity index (χ0) is 25.1. The molecule has 0 aliphatic carbocycles. The van der Waals surface area contributed by atoms with Crippen LogP contribution in [0.3, 0.4) is 0 Å². The van der Waals surface area contributed by atoms with Gasteiger partial charge < -0.3 is 10.6 Å². The summed E-state index contributed by atoms with van der Waals surface area (Å²) in [5.41, 5.74) is 4.19. The molecule has 0 fully saturated rings. The van der Waals surface area contributed by atoms with Gasteiger partial charge in [0, 0.05) is 22.6 Å². The number of carbonyl (C=O) groups is 1. The average molecular weight is 493 g/mol. The molecule has 1 aliphatic rings. The molecular formula is C28H20N4O3S. The van der Waals surface area contributed by atoms with Gasteiger partial charge in [-0.3, -0.25) is 9.52 Å². The van der Waals surface area contributed by atoms with Crippen molar-refractivity contribution in [2.24, 2.45) is 0 Å². The van der Waals surface area contributed by atoms with Crippen LogP contribution < -0.4 is 15.4 Å². The number of nitrogens with one attached hydrogen (secondary N) is 3. The Labute approximate surface area is 208 Å². The first-order valence-corrected chi connectivity index (χ1v) is 12.5. The molecule has 0 unspecified atom stereocenters. The van der Waals surface area contributed by atoms with E-state index in [1.807, 2.05) is 30.3 Å². The first kappa shape index (κ1) is 22.9. The van der Waals surface area contributed by atoms with E-state index >= 15 is 0 Å². The Bertz CT molecular complexity index is 1620. The number of anilines is 3. The molecule has 7 nitrogen and oxygen atoms in total. The highest BCUT2D eigenvalue weighted by Gasteiger charge is 2.30. The normalized spacial score (nSPS) is 13.8. The summed E-state index contributed by atoms with van der Waals surface area (Å²) in [7, 11) is -3.90. The van der Waals surface area contributed by atoms with Gasteiger partial charge in [0.05, 0.1) is 27.8 Å². The van der Waals surface area contributed by atoms with Gasteiger partial charge in [0.25, 0.3) is 15.9 Å². The third-order valence-corrected chi connectivity index (χ3v) is 7.05. The van der Waals surface area contributed by atoms with E-state index in [1.165, 1.54) is 12.1 Å². The van der Waals surface area contributed by atoms with Gasteiger partial charge in [-0.1, -0.05) is 48.5 Å². The quantitative estimate of drug-likeness (QED) is 0.317. The zero-order valence-corrected chi connectivity index (χ0v) is 19.7. The second-order valence-corrected chi connectivity index (χ2v) is 9.75. The maximum absolute atomic E-state index is 13.2. The molecular weight excluding hydrogens is 472 g/mol. The summed E-state index contributed by atoms with van der Waals surface area (Å²) in [6.45, 7) is 0. The third kappa shape index (κ3) is 4.56. The minimum Gasteiger partial charge on any atom is -0.354 e. The monoisotopic (exact) mass is 492 g/mol. The number of carbonyl (C=O) groups excluding carboxylic acids is 1. The van der Waals surface area contributed by atoms with E-state index in [1.54, 1.807) is 60.7 Å². The Morgan fingerprint density at radius 3 is 2.14 bits per heavy atom. The Morgan fingerprint density at radius 1 is 0.806 bits per heavy atom. The lowest BCUT2D eigenvalue weighted by Gasteiger charge is -2.15. The number of amides is 1. The van der Waals surface area contributed by atoms with Crippen LogP contribution in [0.15, 0.2) is 108 Å². The summed E-state index contributed by atoms with van der Waals surface area (Å²) >= 11 is 0. The van der Waals surface area contributed by atoms with E-state index in [2.05, 4.69) is 21.4 Å². The number of hydrogen-bond donors (Lipinski definition) is 3. The second-order valence-electron chi connectivity index (χ2n) is 8.06. The minimum atomic E-state index is -3.90. The van der Waals surface area contributed by atoms with Gasteiger partial charge in [-0.15, -0.1) is 0 Å². The van der Waals surface area contributed by atoms with E-state index in [0.717, 1.165) is 5.56 Å². The van der Waals surface area contributed by atoms with Crippen LogP contribution >= 0.6 is 0 Å². The number of nitrogens with zero attached hydrogens (tertiary/aromatic N) is 1. The summed E-state index contributed by atoms with van der Waals surface area (Å²) in [6.07, 6.45) is 0. The SMILES string of the molecule is N#Cc1ccc(NC(=C2C(=O)Nc3ccc(S(=O)(=O)Nc4ccccc4)cc32)c2ccccc2)cc1. The van der Waals surface area contributed by atoms with E-state index < -0.39 is 10.0 Å². The van der Waals surface area contributed by atoms with Gasteiger partial charge in [-0.25, -0.2) is 8.42 Å². The van der Waals surface area contributed by atoms with Gasteiger partial charge in [0.15, 0.2) is 0 Å². The molecule has 36 heavy (non-hydrogen) atoms. The molecule has 0 spiro atoms. The molecule has 0 atom stereocenters. The van der Waals surface area contributed by atoms with Crippen LogP contribution in [0.1, 0.15) is 16.7 Å². The maximum atomic E-state index is 13.2. The number of fused-ring (bicyclic) bond motifs is 1. The molecule has 0 saturated heterocycles. The van der Waals surface area contributed by atoms with Crippen molar-refractivity contribution in [2.75, 3.05) is 15.4 Å². The molecule has 5 rings (SSSR count). The van der Waals surface area contributed by atoms with Crippen molar-refractivity contribution < 1.29 is 13.2 Å². The molecule has 1 heterocycles. The van der Waals surface area contributed by atoms with Gasteiger partial charge in [-0.2, -0.15) is 5.26 Å². The van der Waals surface area contributed by atoms with Gasteiger partial charge in [0.1, 0.15) is 0 Å². The molecule has 176 valence electrons. The topological polar surface area (TPSA) is 111 Å². The number of para-hydroxylation sites is 1. The molecule has 0 aromatic heterocycles. The van der Waals surface area contributed by atoms with Crippen LogP contribution in [0.25, 0.3) is 11.3 Å². The van der Waals surface area contributed by atoms with E-state index in [0.29, 0.717) is 39.5 Å². The average Bonchev–Trinajstić information content (AvgIpc) is 3.23. The van der Waals surface area contributed by atoms with E-state index in [9.17, 15) is 13.2 Å². The standard InChI is InChI=1S/C28H20N4O3S/c29-18-19-11-13-21(14-12-19)30-27(20-7-3-1-4-8-20)26-24-17-23(15-16-25(24)31-28(26)33)36(34,35)32-22-9-5-2-6-10-22/h1-17,30,32H,(H,31,33). The summed E-state index contributed by atoms with van der Waals surface area (Å²) in [4.78, 5) is 13.2. The Balaban J connectivity index is 1.62. The molecule has 4 aromatic rings. The molecule has 3 N–H and O–H groups in total. The predicted octanol–water partition coefficient (Wildman–Crippen LogP) is 5.29. The highest BCUT2D eigenvalue weighted by molar-refractivity contribution is 7.92. The van der Waals surface area contributed by atoms with Gasteiger partial charge in [-0.05, 0) is 60.2 Å². The lowest BCUT2D eigenvalue weighted by molar-refractivity contribution is -0.110. The predicted molar refractivity (Wildman–Crippen MR) is 140 cm³/mol. The summed E-state index contributed by atoms with van der Waals surface area (Å²) in [5.74, 6) is -0.351. The van der Waals surface area contributed by atoms with Gasteiger partial charge >= 0.3 is 0 Å². The smallest absolute Gasteiger partial charge is 0.261 e. The summed E-state index contributed by atoms with van der Waals surface area (Å²) in [6, 6.07) is 31.4. The first-order valence-electron chi connectivity index (χ1n) is 11.1. The minimum absolute atomic E-state index is 0.0323. The van der Waals surface area contributed by atoms with Crippen LogP contribution in [0.2, 0.25) is 0 Å². The fourth-order valence-corrected chi connectivity index (χ4v) is 5.02. The number of sulfonamides is 1. The molecule has 1 amide bonds. The number of rotatable bonds is 6. The first-order chi connectivity index (χ1) is 17.4. The van der Waals surface area contributed by atoms with Crippen LogP contribution in [-0.4, -0.2) is 14.3 Å². The lowest BCUT2D eigenvalue weighted by atomic mass is 10.00. The Hall–Kier alpha value is -4.87. The lowest BCUT2D eigenvalue weighted by Crippen LogP contribution is -2.13. The van der Waals surface area contributed by atoms with Crippen LogP contribution in [0, 0.1) is 11.3 Å². The molecule has 0 saturated carbocycles. The van der Waals surface area contributed by atoms with Crippen molar-refractivity contribution in [2.45, 2.75) is 4.90 Å². The Kier molecular flexibility index (Phi) is 5.98. The van der Waals surface area contributed by atoms with E-state index in [-0.39, 0.29) is 10.8 Å². The van der Waals surface area contributed by atoms with Crippen molar-refractivity contribution in [3.8, 4) is 6.07 Å². The maximum Gasteiger partial charge on any atom is 0.261 e. The van der Waals surface area contributed by atoms with Crippen molar-refractivity contribution in [1.29, 1.82) is 5.26 Å². The van der Waals surface area contributed by atoms with Crippen molar-refractivity contribution >= 4 is 44.3 Å². The van der Waals surface area contributed by atoms with Crippen molar-refractivity contribution in [3.63, 3.8) is 0 Å². The summed E-state index contributed by atoms with van der Waals surface area (Å²) < 4.78 is 28.8. The van der Waals surface area contributed by atoms with Crippen LogP contribution in [0.5, 0.6) is 0 Å².